The number of aryl methyl sites for hydroxylation is 1. The number of nitrogens with one attached hydrogen (secondary N) is 1. The number of methoxy groups -OCH3 is 2. The standard InChI is InChI=1S/C16H17N3O2S/c1-10-8-22-15-14(10)18-9-19-16(15)17-7-11-4-5-12(20-2)6-13(11)21-3/h4-6,8-9H,7H2,1-3H3,(H,17,18,19). The molecule has 6 heteroatoms. The average Bonchev–Trinajstić information content (AvgIpc) is 2.94. The van der Waals surface area contributed by atoms with Gasteiger partial charge in [-0.3, -0.25) is 0 Å². The molecule has 0 fully saturated rings. The van der Waals surface area contributed by atoms with Crippen LogP contribution >= 0.6 is 11.3 Å². The second-order valence-corrected chi connectivity index (χ2v) is 5.73. The molecule has 0 saturated heterocycles. The molecule has 22 heavy (non-hydrogen) atoms. The molecular formula is C16H17N3O2S. The molecule has 0 atom stereocenters. The Hall–Kier alpha value is -2.34. The Morgan fingerprint density at radius 2 is 2.05 bits per heavy atom. The molecule has 2 aromatic heterocycles. The minimum absolute atomic E-state index is 0.621. The van der Waals surface area contributed by atoms with Crippen molar-refractivity contribution in [2.45, 2.75) is 13.5 Å². The van der Waals surface area contributed by atoms with Crippen molar-refractivity contribution in [3.05, 3.63) is 41.0 Å². The molecule has 0 aliphatic heterocycles. The molecule has 1 aromatic carbocycles. The zero-order chi connectivity index (χ0) is 15.5. The van der Waals surface area contributed by atoms with Crippen molar-refractivity contribution < 1.29 is 9.47 Å². The van der Waals surface area contributed by atoms with Crippen molar-refractivity contribution >= 4 is 27.4 Å². The fraction of sp³-hybridized carbons (Fsp3) is 0.250. The lowest BCUT2D eigenvalue weighted by Crippen LogP contribution is -2.04. The molecule has 0 unspecified atom stereocenters. The maximum Gasteiger partial charge on any atom is 0.147 e. The first kappa shape index (κ1) is 14.6. The summed E-state index contributed by atoms with van der Waals surface area (Å²) in [5.41, 5.74) is 3.22. The lowest BCUT2D eigenvalue weighted by molar-refractivity contribution is 0.391. The number of hydrogen-bond acceptors (Lipinski definition) is 6. The van der Waals surface area contributed by atoms with Crippen LogP contribution in [0, 0.1) is 6.92 Å². The van der Waals surface area contributed by atoms with Gasteiger partial charge in [0.1, 0.15) is 23.6 Å². The summed E-state index contributed by atoms with van der Waals surface area (Å²) in [6, 6.07) is 5.79. The van der Waals surface area contributed by atoms with Crippen molar-refractivity contribution in [3.63, 3.8) is 0 Å². The highest BCUT2D eigenvalue weighted by Gasteiger charge is 2.09. The van der Waals surface area contributed by atoms with Crippen LogP contribution in [0.25, 0.3) is 10.2 Å². The zero-order valence-electron chi connectivity index (χ0n) is 12.7. The number of thiophene rings is 1. The van der Waals surface area contributed by atoms with Crippen LogP contribution in [-0.2, 0) is 6.54 Å². The first-order valence-corrected chi connectivity index (χ1v) is 7.74. The number of aromatic nitrogens is 2. The van der Waals surface area contributed by atoms with Crippen LogP contribution in [0.3, 0.4) is 0 Å². The number of anilines is 1. The second kappa shape index (κ2) is 6.19. The van der Waals surface area contributed by atoms with Crippen molar-refractivity contribution in [1.82, 2.24) is 9.97 Å². The average molecular weight is 315 g/mol. The van der Waals surface area contributed by atoms with Gasteiger partial charge in [0, 0.05) is 18.2 Å². The first-order valence-electron chi connectivity index (χ1n) is 6.86. The molecular weight excluding hydrogens is 298 g/mol. The number of rotatable bonds is 5. The van der Waals surface area contributed by atoms with Crippen molar-refractivity contribution in [3.8, 4) is 11.5 Å². The highest BCUT2D eigenvalue weighted by atomic mass is 32.1. The Kier molecular flexibility index (Phi) is 4.11. The highest BCUT2D eigenvalue weighted by Crippen LogP contribution is 2.30. The van der Waals surface area contributed by atoms with Gasteiger partial charge in [-0.1, -0.05) is 0 Å². The summed E-state index contributed by atoms with van der Waals surface area (Å²) >= 11 is 1.65. The van der Waals surface area contributed by atoms with Crippen LogP contribution in [0.2, 0.25) is 0 Å². The van der Waals surface area contributed by atoms with E-state index in [2.05, 4.69) is 27.6 Å². The number of fused-ring (bicyclic) bond motifs is 1. The first-order chi connectivity index (χ1) is 10.7. The minimum Gasteiger partial charge on any atom is -0.497 e. The Morgan fingerprint density at radius 3 is 2.82 bits per heavy atom. The lowest BCUT2D eigenvalue weighted by Gasteiger charge is -2.12. The van der Waals surface area contributed by atoms with Crippen LogP contribution in [0.15, 0.2) is 29.9 Å². The van der Waals surface area contributed by atoms with Crippen molar-refractivity contribution in [2.75, 3.05) is 19.5 Å². The van der Waals surface area contributed by atoms with E-state index in [9.17, 15) is 0 Å². The Morgan fingerprint density at radius 1 is 1.18 bits per heavy atom. The molecule has 0 aliphatic rings. The van der Waals surface area contributed by atoms with E-state index < -0.39 is 0 Å². The van der Waals surface area contributed by atoms with Gasteiger partial charge >= 0.3 is 0 Å². The second-order valence-electron chi connectivity index (χ2n) is 4.85. The number of benzene rings is 1. The van der Waals surface area contributed by atoms with E-state index in [1.165, 1.54) is 5.56 Å². The van der Waals surface area contributed by atoms with E-state index in [1.807, 2.05) is 18.2 Å². The molecule has 3 rings (SSSR count). The van der Waals surface area contributed by atoms with E-state index in [-0.39, 0.29) is 0 Å². The third-order valence-corrected chi connectivity index (χ3v) is 4.57. The quantitative estimate of drug-likeness (QED) is 0.779. The zero-order valence-corrected chi connectivity index (χ0v) is 13.5. The van der Waals surface area contributed by atoms with Gasteiger partial charge in [0.15, 0.2) is 0 Å². The van der Waals surface area contributed by atoms with Crippen molar-refractivity contribution in [2.24, 2.45) is 0 Å². The molecule has 0 saturated carbocycles. The number of ether oxygens (including phenoxy) is 2. The molecule has 0 bridgehead atoms. The predicted octanol–water partition coefficient (Wildman–Crippen LogP) is 3.63. The maximum atomic E-state index is 5.42. The monoisotopic (exact) mass is 315 g/mol. The molecule has 0 radical (unpaired) electrons. The number of hydrogen-bond donors (Lipinski definition) is 1. The van der Waals surface area contributed by atoms with Crippen LogP contribution in [0.4, 0.5) is 5.82 Å². The Labute approximate surface area is 132 Å². The van der Waals surface area contributed by atoms with Crippen LogP contribution in [0.5, 0.6) is 11.5 Å². The fourth-order valence-corrected chi connectivity index (χ4v) is 3.24. The molecule has 0 aliphatic carbocycles. The van der Waals surface area contributed by atoms with E-state index in [0.29, 0.717) is 6.54 Å². The Bertz CT molecular complexity index is 801. The van der Waals surface area contributed by atoms with E-state index >= 15 is 0 Å². The third kappa shape index (κ3) is 2.69. The Balaban J connectivity index is 1.85. The van der Waals surface area contributed by atoms with Gasteiger partial charge in [0.25, 0.3) is 0 Å². The summed E-state index contributed by atoms with van der Waals surface area (Å²) < 4.78 is 11.7. The SMILES string of the molecule is COc1ccc(CNc2ncnc3c(C)csc23)c(OC)c1. The fourth-order valence-electron chi connectivity index (χ4n) is 2.27. The van der Waals surface area contributed by atoms with Gasteiger partial charge in [-0.25, -0.2) is 9.97 Å². The summed E-state index contributed by atoms with van der Waals surface area (Å²) in [6.07, 6.45) is 1.59. The number of nitrogens with zero attached hydrogens (tertiary/aromatic N) is 2. The predicted molar refractivity (Wildman–Crippen MR) is 89.0 cm³/mol. The van der Waals surface area contributed by atoms with Gasteiger partial charge in [0.2, 0.25) is 0 Å². The summed E-state index contributed by atoms with van der Waals surface area (Å²) in [5.74, 6) is 2.42. The molecule has 1 N–H and O–H groups in total. The normalized spacial score (nSPS) is 10.7. The van der Waals surface area contributed by atoms with Gasteiger partial charge in [-0.2, -0.15) is 0 Å². The molecule has 114 valence electrons. The van der Waals surface area contributed by atoms with E-state index in [4.69, 9.17) is 9.47 Å². The largest absolute Gasteiger partial charge is 0.497 e. The molecule has 5 nitrogen and oxygen atoms in total. The maximum absolute atomic E-state index is 5.42. The van der Waals surface area contributed by atoms with Crippen molar-refractivity contribution in [1.29, 1.82) is 0 Å². The third-order valence-electron chi connectivity index (χ3n) is 3.47. The summed E-state index contributed by atoms with van der Waals surface area (Å²) in [4.78, 5) is 8.68. The van der Waals surface area contributed by atoms with Gasteiger partial charge < -0.3 is 14.8 Å². The minimum atomic E-state index is 0.621. The lowest BCUT2D eigenvalue weighted by atomic mass is 10.2. The van der Waals surface area contributed by atoms with Crippen LogP contribution in [-0.4, -0.2) is 24.2 Å². The highest BCUT2D eigenvalue weighted by molar-refractivity contribution is 7.18. The van der Waals surface area contributed by atoms with Crippen LogP contribution < -0.4 is 14.8 Å². The molecule has 3 aromatic rings. The molecule has 2 heterocycles. The molecule has 0 spiro atoms. The summed E-state index contributed by atoms with van der Waals surface area (Å²) in [5, 5.41) is 5.46. The van der Waals surface area contributed by atoms with Gasteiger partial charge in [-0.05, 0) is 30.0 Å². The topological polar surface area (TPSA) is 56.3 Å². The smallest absolute Gasteiger partial charge is 0.147 e. The summed E-state index contributed by atoms with van der Waals surface area (Å²) in [7, 11) is 3.30. The molecule has 0 amide bonds. The van der Waals surface area contributed by atoms with Gasteiger partial charge in [0.05, 0.1) is 24.4 Å². The van der Waals surface area contributed by atoms with E-state index in [1.54, 1.807) is 31.9 Å². The summed E-state index contributed by atoms with van der Waals surface area (Å²) in [6.45, 7) is 2.68. The van der Waals surface area contributed by atoms with Crippen LogP contribution in [0.1, 0.15) is 11.1 Å². The van der Waals surface area contributed by atoms with Gasteiger partial charge in [-0.15, -0.1) is 11.3 Å². The van der Waals surface area contributed by atoms with E-state index in [0.717, 1.165) is 33.1 Å².